The molecular weight excluding hydrogens is 400 g/mol. The molecule has 1 saturated heterocycles. The number of nitrogens with zero attached hydrogens (tertiary/aromatic N) is 1. The SMILES string of the molecule is CCCN(C1CCNCC1)S(=O)(=O)c1cc(C(F)(F)F)ccc1Cl.Cl. The molecule has 0 amide bonds. The summed E-state index contributed by atoms with van der Waals surface area (Å²) in [4.78, 5) is -0.481. The van der Waals surface area contributed by atoms with Crippen molar-refractivity contribution in [2.24, 2.45) is 0 Å². The predicted molar refractivity (Wildman–Crippen MR) is 93.8 cm³/mol. The van der Waals surface area contributed by atoms with E-state index in [0.29, 0.717) is 38.4 Å². The molecule has 1 N–H and O–H groups in total. The molecule has 1 aliphatic heterocycles. The van der Waals surface area contributed by atoms with Gasteiger partial charge in [-0.3, -0.25) is 0 Å². The molecule has 0 bridgehead atoms. The lowest BCUT2D eigenvalue weighted by atomic mass is 10.1. The highest BCUT2D eigenvalue weighted by atomic mass is 35.5. The average Bonchev–Trinajstić information content (AvgIpc) is 2.52. The highest BCUT2D eigenvalue weighted by Crippen LogP contribution is 2.35. The fourth-order valence-corrected chi connectivity index (χ4v) is 5.10. The Bertz CT molecular complexity index is 678. The molecule has 2 rings (SSSR count). The maximum absolute atomic E-state index is 13.0. The van der Waals surface area contributed by atoms with E-state index in [1.165, 1.54) is 4.31 Å². The Morgan fingerprint density at radius 2 is 1.88 bits per heavy atom. The van der Waals surface area contributed by atoms with Gasteiger partial charge in [0.25, 0.3) is 0 Å². The smallest absolute Gasteiger partial charge is 0.317 e. The van der Waals surface area contributed by atoms with Crippen molar-refractivity contribution in [2.45, 2.75) is 43.3 Å². The van der Waals surface area contributed by atoms with E-state index >= 15 is 0 Å². The van der Waals surface area contributed by atoms with Crippen LogP contribution in [0.4, 0.5) is 13.2 Å². The van der Waals surface area contributed by atoms with Crippen molar-refractivity contribution in [3.8, 4) is 0 Å². The number of hydrogen-bond donors (Lipinski definition) is 1. The van der Waals surface area contributed by atoms with E-state index in [4.69, 9.17) is 11.6 Å². The summed E-state index contributed by atoms with van der Waals surface area (Å²) in [5, 5.41) is 2.95. The van der Waals surface area contributed by atoms with Crippen molar-refractivity contribution in [1.29, 1.82) is 0 Å². The average molecular weight is 421 g/mol. The number of alkyl halides is 3. The van der Waals surface area contributed by atoms with Gasteiger partial charge in [0.1, 0.15) is 4.90 Å². The summed E-state index contributed by atoms with van der Waals surface area (Å²) in [5.74, 6) is 0. The van der Waals surface area contributed by atoms with Crippen molar-refractivity contribution in [3.63, 3.8) is 0 Å². The van der Waals surface area contributed by atoms with E-state index in [1.807, 2.05) is 6.92 Å². The molecule has 10 heteroatoms. The van der Waals surface area contributed by atoms with Gasteiger partial charge >= 0.3 is 6.18 Å². The van der Waals surface area contributed by atoms with Crippen LogP contribution in [0.25, 0.3) is 0 Å². The van der Waals surface area contributed by atoms with Gasteiger partial charge in [0.15, 0.2) is 0 Å². The van der Waals surface area contributed by atoms with E-state index in [2.05, 4.69) is 5.32 Å². The third-order valence-corrected chi connectivity index (χ3v) is 6.44. The number of benzene rings is 1. The van der Waals surface area contributed by atoms with Crippen LogP contribution >= 0.6 is 24.0 Å². The van der Waals surface area contributed by atoms with Crippen LogP contribution in [-0.2, 0) is 16.2 Å². The van der Waals surface area contributed by atoms with Gasteiger partial charge < -0.3 is 5.32 Å². The third kappa shape index (κ3) is 5.23. The Labute approximate surface area is 157 Å². The highest BCUT2D eigenvalue weighted by molar-refractivity contribution is 7.89. The van der Waals surface area contributed by atoms with Crippen LogP contribution in [0.15, 0.2) is 23.1 Å². The second kappa shape index (κ2) is 8.90. The Hall–Kier alpha value is -0.540. The van der Waals surface area contributed by atoms with Crippen molar-refractivity contribution in [1.82, 2.24) is 9.62 Å². The molecule has 0 atom stereocenters. The normalized spacial score (nSPS) is 16.7. The van der Waals surface area contributed by atoms with Crippen LogP contribution < -0.4 is 5.32 Å². The molecule has 4 nitrogen and oxygen atoms in total. The van der Waals surface area contributed by atoms with Crippen LogP contribution in [0.3, 0.4) is 0 Å². The summed E-state index contributed by atoms with van der Waals surface area (Å²) < 4.78 is 66.0. The molecule has 0 unspecified atom stereocenters. The Morgan fingerprint density at radius 1 is 1.28 bits per heavy atom. The minimum absolute atomic E-state index is 0. The van der Waals surface area contributed by atoms with E-state index < -0.39 is 26.7 Å². The first-order chi connectivity index (χ1) is 11.2. The summed E-state index contributed by atoms with van der Waals surface area (Å²) >= 11 is 5.93. The van der Waals surface area contributed by atoms with Gasteiger partial charge in [-0.25, -0.2) is 8.42 Å². The molecule has 1 fully saturated rings. The molecule has 0 saturated carbocycles. The lowest BCUT2D eigenvalue weighted by Gasteiger charge is -2.33. The first kappa shape index (κ1) is 22.5. The van der Waals surface area contributed by atoms with E-state index in [-0.39, 0.29) is 30.0 Å². The van der Waals surface area contributed by atoms with Crippen LogP contribution in [0, 0.1) is 0 Å². The first-order valence-corrected chi connectivity index (χ1v) is 9.59. The maximum Gasteiger partial charge on any atom is 0.416 e. The molecule has 1 aliphatic rings. The minimum Gasteiger partial charge on any atom is -0.317 e. The third-order valence-electron chi connectivity index (χ3n) is 4.01. The number of sulfonamides is 1. The maximum atomic E-state index is 13.0. The van der Waals surface area contributed by atoms with Crippen LogP contribution in [0.1, 0.15) is 31.7 Å². The summed E-state index contributed by atoms with van der Waals surface area (Å²) in [6.45, 7) is 3.43. The Morgan fingerprint density at radius 3 is 2.40 bits per heavy atom. The fourth-order valence-electron chi connectivity index (χ4n) is 2.82. The predicted octanol–water partition coefficient (Wildman–Crippen LogP) is 3.93. The number of rotatable bonds is 5. The largest absolute Gasteiger partial charge is 0.416 e. The molecule has 0 radical (unpaired) electrons. The second-order valence-corrected chi connectivity index (χ2v) is 8.01. The molecule has 0 aromatic heterocycles. The van der Waals surface area contributed by atoms with Gasteiger partial charge in [-0.1, -0.05) is 18.5 Å². The van der Waals surface area contributed by atoms with Gasteiger partial charge in [0.05, 0.1) is 10.6 Å². The molecule has 1 aromatic rings. The zero-order valence-electron chi connectivity index (χ0n) is 13.6. The van der Waals surface area contributed by atoms with Gasteiger partial charge in [-0.05, 0) is 50.6 Å². The summed E-state index contributed by atoms with van der Waals surface area (Å²) in [7, 11) is -4.10. The molecule has 0 aliphatic carbocycles. The highest BCUT2D eigenvalue weighted by Gasteiger charge is 2.36. The summed E-state index contributed by atoms with van der Waals surface area (Å²) in [6, 6.07) is 2.17. The molecule has 144 valence electrons. The van der Waals surface area contributed by atoms with Crippen LogP contribution in [0.5, 0.6) is 0 Å². The molecule has 1 heterocycles. The number of hydrogen-bond acceptors (Lipinski definition) is 3. The van der Waals surface area contributed by atoms with Crippen molar-refractivity contribution in [3.05, 3.63) is 28.8 Å². The summed E-state index contributed by atoms with van der Waals surface area (Å²) in [6.07, 6.45) is -2.81. The van der Waals surface area contributed by atoms with Gasteiger partial charge in [-0.2, -0.15) is 17.5 Å². The van der Waals surface area contributed by atoms with E-state index in [9.17, 15) is 21.6 Å². The van der Waals surface area contributed by atoms with Gasteiger partial charge in [-0.15, -0.1) is 12.4 Å². The minimum atomic E-state index is -4.63. The van der Waals surface area contributed by atoms with Crippen LogP contribution in [-0.4, -0.2) is 38.4 Å². The first-order valence-electron chi connectivity index (χ1n) is 7.77. The number of piperidine rings is 1. The van der Waals surface area contributed by atoms with Gasteiger partial charge in [0, 0.05) is 12.6 Å². The zero-order valence-corrected chi connectivity index (χ0v) is 16.0. The zero-order chi connectivity index (χ0) is 18.0. The number of nitrogens with one attached hydrogen (secondary N) is 1. The topological polar surface area (TPSA) is 49.4 Å². The molecule has 0 spiro atoms. The Kier molecular flexibility index (Phi) is 8.01. The van der Waals surface area contributed by atoms with Crippen molar-refractivity contribution < 1.29 is 21.6 Å². The lowest BCUT2D eigenvalue weighted by molar-refractivity contribution is -0.137. The van der Waals surface area contributed by atoms with E-state index in [0.717, 1.165) is 12.1 Å². The summed E-state index contributed by atoms with van der Waals surface area (Å²) in [5.41, 5.74) is -1.02. The molecule has 25 heavy (non-hydrogen) atoms. The van der Waals surface area contributed by atoms with E-state index in [1.54, 1.807) is 0 Å². The monoisotopic (exact) mass is 420 g/mol. The molecule has 1 aromatic carbocycles. The fraction of sp³-hybridized carbons (Fsp3) is 0.600. The standard InChI is InChI=1S/C15H20ClF3N2O2S.ClH/c1-2-9-21(12-5-7-20-8-6-12)24(22,23)14-10-11(15(17,18)19)3-4-13(14)16;/h3-4,10,12,20H,2,5-9H2,1H3;1H. The lowest BCUT2D eigenvalue weighted by Crippen LogP contribution is -2.46. The van der Waals surface area contributed by atoms with Crippen molar-refractivity contribution >= 4 is 34.0 Å². The second-order valence-electron chi connectivity index (χ2n) is 5.74. The molecular formula is C15H21Cl2F3N2O2S. The number of halogens is 5. The Balaban J connectivity index is 0.00000312. The van der Waals surface area contributed by atoms with Crippen molar-refractivity contribution in [2.75, 3.05) is 19.6 Å². The quantitative estimate of drug-likeness (QED) is 0.784. The van der Waals surface area contributed by atoms with Crippen LogP contribution in [0.2, 0.25) is 5.02 Å². The van der Waals surface area contributed by atoms with Gasteiger partial charge in [0.2, 0.25) is 10.0 Å².